The van der Waals surface area contributed by atoms with Crippen LogP contribution in [-0.2, 0) is 4.79 Å². The molecule has 0 aliphatic heterocycles. The molecule has 3 N–H and O–H groups in total. The summed E-state index contributed by atoms with van der Waals surface area (Å²) in [6, 6.07) is 13.2. The Morgan fingerprint density at radius 2 is 1.85 bits per heavy atom. The number of carbonyl (C=O) groups is 1. The lowest BCUT2D eigenvalue weighted by Gasteiger charge is -2.21. The quantitative estimate of drug-likeness (QED) is 0.503. The van der Waals surface area contributed by atoms with E-state index in [0.717, 1.165) is 30.0 Å². The van der Waals surface area contributed by atoms with E-state index in [0.29, 0.717) is 5.56 Å². The topological polar surface area (TPSA) is 77.0 Å². The molecule has 2 aromatic rings. The number of amides is 1. The molecular weight excluding hydrogens is 328 g/mol. The lowest BCUT2D eigenvalue weighted by Crippen LogP contribution is -2.25. The summed E-state index contributed by atoms with van der Waals surface area (Å²) in [6.45, 7) is 8.00. The summed E-state index contributed by atoms with van der Waals surface area (Å²) in [7, 11) is 0. The Bertz CT molecular complexity index is 753. The first-order valence-corrected chi connectivity index (χ1v) is 8.73. The van der Waals surface area contributed by atoms with Crippen molar-refractivity contribution < 1.29 is 9.90 Å². The predicted octanol–water partition coefficient (Wildman–Crippen LogP) is 3.11. The Hall–Kier alpha value is -3.02. The predicted molar refractivity (Wildman–Crippen MR) is 107 cm³/mol. The van der Waals surface area contributed by atoms with Crippen LogP contribution in [0.2, 0.25) is 0 Å². The van der Waals surface area contributed by atoms with Gasteiger partial charge >= 0.3 is 0 Å². The van der Waals surface area contributed by atoms with E-state index in [4.69, 9.17) is 0 Å². The highest BCUT2D eigenvalue weighted by Gasteiger charge is 2.06. The van der Waals surface area contributed by atoms with Crippen molar-refractivity contribution in [2.75, 3.05) is 29.9 Å². The molecule has 0 radical (unpaired) electrons. The molecule has 0 aliphatic rings. The number of nitrogens with one attached hydrogen (secondary N) is 2. The van der Waals surface area contributed by atoms with Crippen molar-refractivity contribution in [2.24, 2.45) is 5.10 Å². The number of hydrogen-bond acceptors (Lipinski definition) is 5. The molecule has 1 amide bonds. The Labute approximate surface area is 154 Å². The highest BCUT2D eigenvalue weighted by atomic mass is 16.3. The van der Waals surface area contributed by atoms with Crippen LogP contribution in [0, 0.1) is 6.92 Å². The maximum absolute atomic E-state index is 11.8. The van der Waals surface area contributed by atoms with E-state index in [-0.39, 0.29) is 18.2 Å². The Morgan fingerprint density at radius 1 is 1.15 bits per heavy atom. The number of aryl methyl sites for hydroxylation is 1. The Morgan fingerprint density at radius 3 is 2.46 bits per heavy atom. The van der Waals surface area contributed by atoms with E-state index < -0.39 is 0 Å². The third-order valence-corrected chi connectivity index (χ3v) is 4.04. The molecule has 2 rings (SSSR count). The van der Waals surface area contributed by atoms with Gasteiger partial charge in [0.15, 0.2) is 0 Å². The van der Waals surface area contributed by atoms with Gasteiger partial charge in [-0.15, -0.1) is 0 Å². The molecule has 0 heterocycles. The molecule has 0 spiro atoms. The van der Waals surface area contributed by atoms with Gasteiger partial charge in [0.1, 0.15) is 5.75 Å². The van der Waals surface area contributed by atoms with Crippen LogP contribution in [0.1, 0.15) is 25.0 Å². The first-order valence-electron chi connectivity index (χ1n) is 8.73. The van der Waals surface area contributed by atoms with Gasteiger partial charge in [-0.3, -0.25) is 4.79 Å². The first kappa shape index (κ1) is 19.3. The SMILES string of the molecule is CCN(CC)c1ccc(C=NNC(=O)CNc2ccc(C)cc2)c(O)c1. The molecule has 0 aromatic heterocycles. The summed E-state index contributed by atoms with van der Waals surface area (Å²) >= 11 is 0. The van der Waals surface area contributed by atoms with Gasteiger partial charge in [-0.25, -0.2) is 5.43 Å². The van der Waals surface area contributed by atoms with Crippen molar-refractivity contribution in [1.29, 1.82) is 0 Å². The minimum absolute atomic E-state index is 0.118. The number of aromatic hydroxyl groups is 1. The number of benzene rings is 2. The Balaban J connectivity index is 1.87. The summed E-state index contributed by atoms with van der Waals surface area (Å²) in [5, 5.41) is 17.1. The fourth-order valence-corrected chi connectivity index (χ4v) is 2.49. The third kappa shape index (κ3) is 5.51. The second-order valence-electron chi connectivity index (χ2n) is 5.93. The molecule has 6 nitrogen and oxygen atoms in total. The number of anilines is 2. The molecule has 0 saturated heterocycles. The molecular formula is C20H26N4O2. The second kappa shape index (κ2) is 9.46. The van der Waals surface area contributed by atoms with Crippen LogP contribution in [0.15, 0.2) is 47.6 Å². The van der Waals surface area contributed by atoms with Gasteiger partial charge in [-0.05, 0) is 45.0 Å². The summed E-state index contributed by atoms with van der Waals surface area (Å²) < 4.78 is 0. The van der Waals surface area contributed by atoms with Gasteiger partial charge in [-0.1, -0.05) is 17.7 Å². The first-order chi connectivity index (χ1) is 12.5. The van der Waals surface area contributed by atoms with Gasteiger partial charge in [0.25, 0.3) is 5.91 Å². The van der Waals surface area contributed by atoms with Crippen LogP contribution >= 0.6 is 0 Å². The monoisotopic (exact) mass is 354 g/mol. The van der Waals surface area contributed by atoms with Crippen molar-refractivity contribution in [3.63, 3.8) is 0 Å². The minimum atomic E-state index is -0.263. The number of hydrogen-bond donors (Lipinski definition) is 3. The molecule has 2 aromatic carbocycles. The number of carbonyl (C=O) groups excluding carboxylic acids is 1. The molecule has 138 valence electrons. The second-order valence-corrected chi connectivity index (χ2v) is 5.93. The average Bonchev–Trinajstić information content (AvgIpc) is 2.64. The molecule has 0 bridgehead atoms. The summed E-state index contributed by atoms with van der Waals surface area (Å²) in [5.41, 5.74) is 5.99. The summed E-state index contributed by atoms with van der Waals surface area (Å²) in [6.07, 6.45) is 1.44. The van der Waals surface area contributed by atoms with Crippen molar-refractivity contribution in [3.8, 4) is 5.75 Å². The summed E-state index contributed by atoms with van der Waals surface area (Å²) in [4.78, 5) is 14.0. The van der Waals surface area contributed by atoms with Crippen LogP contribution in [0.25, 0.3) is 0 Å². The molecule has 0 aliphatic carbocycles. The molecule has 0 unspecified atom stereocenters. The number of phenols is 1. The van der Waals surface area contributed by atoms with Crippen LogP contribution in [0.4, 0.5) is 11.4 Å². The van der Waals surface area contributed by atoms with Crippen molar-refractivity contribution in [2.45, 2.75) is 20.8 Å². The zero-order valence-corrected chi connectivity index (χ0v) is 15.5. The highest BCUT2D eigenvalue weighted by Crippen LogP contribution is 2.23. The molecule has 0 saturated carbocycles. The number of hydrazone groups is 1. The van der Waals surface area contributed by atoms with Crippen LogP contribution in [0.3, 0.4) is 0 Å². The van der Waals surface area contributed by atoms with Gasteiger partial charge in [0, 0.05) is 36.1 Å². The fourth-order valence-electron chi connectivity index (χ4n) is 2.49. The van der Waals surface area contributed by atoms with E-state index in [1.807, 2.05) is 37.3 Å². The number of rotatable bonds is 8. The fraction of sp³-hybridized carbons (Fsp3) is 0.300. The van der Waals surface area contributed by atoms with E-state index >= 15 is 0 Å². The van der Waals surface area contributed by atoms with E-state index in [1.165, 1.54) is 6.21 Å². The molecule has 26 heavy (non-hydrogen) atoms. The van der Waals surface area contributed by atoms with Gasteiger partial charge in [-0.2, -0.15) is 5.10 Å². The highest BCUT2D eigenvalue weighted by molar-refractivity contribution is 5.86. The standard InChI is InChI=1S/C20H26N4O2/c1-4-24(5-2)18-11-8-16(19(25)12-18)13-22-23-20(26)14-21-17-9-6-15(3)7-10-17/h6-13,21,25H,4-5,14H2,1-3H3,(H,23,26). The van der Waals surface area contributed by atoms with Crippen LogP contribution in [0.5, 0.6) is 5.75 Å². The van der Waals surface area contributed by atoms with Crippen LogP contribution in [-0.4, -0.2) is 36.9 Å². The zero-order chi connectivity index (χ0) is 18.9. The largest absolute Gasteiger partial charge is 0.507 e. The molecule has 0 fully saturated rings. The zero-order valence-electron chi connectivity index (χ0n) is 15.5. The minimum Gasteiger partial charge on any atom is -0.507 e. The van der Waals surface area contributed by atoms with Crippen LogP contribution < -0.4 is 15.6 Å². The number of nitrogens with zero attached hydrogens (tertiary/aromatic N) is 2. The van der Waals surface area contributed by atoms with Gasteiger partial charge in [0.2, 0.25) is 0 Å². The van der Waals surface area contributed by atoms with Gasteiger partial charge < -0.3 is 15.3 Å². The van der Waals surface area contributed by atoms with Gasteiger partial charge in [0.05, 0.1) is 12.8 Å². The normalized spacial score (nSPS) is 10.7. The maximum atomic E-state index is 11.8. The van der Waals surface area contributed by atoms with E-state index in [1.54, 1.807) is 12.1 Å². The summed E-state index contributed by atoms with van der Waals surface area (Å²) in [5.74, 6) is -0.133. The van der Waals surface area contributed by atoms with E-state index in [9.17, 15) is 9.90 Å². The molecule has 6 heteroatoms. The smallest absolute Gasteiger partial charge is 0.259 e. The Kier molecular flexibility index (Phi) is 7.02. The van der Waals surface area contributed by atoms with Crippen molar-refractivity contribution >= 4 is 23.5 Å². The molecule has 0 atom stereocenters. The van der Waals surface area contributed by atoms with E-state index in [2.05, 4.69) is 34.6 Å². The van der Waals surface area contributed by atoms with Crippen molar-refractivity contribution in [1.82, 2.24) is 5.43 Å². The lowest BCUT2D eigenvalue weighted by atomic mass is 10.2. The van der Waals surface area contributed by atoms with Crippen molar-refractivity contribution in [3.05, 3.63) is 53.6 Å². The lowest BCUT2D eigenvalue weighted by molar-refractivity contribution is -0.119. The average molecular weight is 354 g/mol. The number of phenolic OH excluding ortho intramolecular Hbond substituents is 1. The maximum Gasteiger partial charge on any atom is 0.259 e. The third-order valence-electron chi connectivity index (χ3n) is 4.04.